The predicted octanol–water partition coefficient (Wildman–Crippen LogP) is 1.80. The minimum Gasteiger partial charge on any atom is -0.342 e. The standard InChI is InChI=1S/C21H19N5O3/c27-14-25-10-12-26(13-11-25)21(29)18-8-2-7-17(23-18)20(28)24-16-6-1-4-15-5-3-9-22-19(15)16/h1-9,14H,10-13H2,(H,24,28). The summed E-state index contributed by atoms with van der Waals surface area (Å²) in [5.41, 5.74) is 1.61. The molecule has 2 aromatic heterocycles. The molecule has 3 aromatic rings. The molecule has 1 saturated heterocycles. The largest absolute Gasteiger partial charge is 0.342 e. The van der Waals surface area contributed by atoms with E-state index in [-0.39, 0.29) is 17.3 Å². The summed E-state index contributed by atoms with van der Waals surface area (Å²) in [6, 6.07) is 14.1. The van der Waals surface area contributed by atoms with Gasteiger partial charge in [0.1, 0.15) is 11.4 Å². The fourth-order valence-corrected chi connectivity index (χ4v) is 3.26. The van der Waals surface area contributed by atoms with Gasteiger partial charge in [0.2, 0.25) is 6.41 Å². The van der Waals surface area contributed by atoms with Gasteiger partial charge < -0.3 is 15.1 Å². The minimum absolute atomic E-state index is 0.148. The lowest BCUT2D eigenvalue weighted by atomic mass is 10.2. The monoisotopic (exact) mass is 389 g/mol. The highest BCUT2D eigenvalue weighted by atomic mass is 16.2. The third kappa shape index (κ3) is 3.91. The number of anilines is 1. The molecule has 1 aliphatic heterocycles. The molecule has 0 unspecified atom stereocenters. The maximum absolute atomic E-state index is 12.7. The van der Waals surface area contributed by atoms with Crippen molar-refractivity contribution in [2.24, 2.45) is 0 Å². The smallest absolute Gasteiger partial charge is 0.274 e. The number of amides is 3. The topological polar surface area (TPSA) is 95.5 Å². The fourth-order valence-electron chi connectivity index (χ4n) is 3.26. The summed E-state index contributed by atoms with van der Waals surface area (Å²) >= 11 is 0. The summed E-state index contributed by atoms with van der Waals surface area (Å²) in [5, 5.41) is 3.74. The summed E-state index contributed by atoms with van der Waals surface area (Å²) in [6.45, 7) is 1.86. The second kappa shape index (κ2) is 8.05. The number of nitrogens with zero attached hydrogens (tertiary/aromatic N) is 4. The van der Waals surface area contributed by atoms with Gasteiger partial charge in [-0.2, -0.15) is 0 Å². The van der Waals surface area contributed by atoms with Gasteiger partial charge in [-0.25, -0.2) is 4.98 Å². The highest BCUT2D eigenvalue weighted by molar-refractivity contribution is 6.07. The zero-order valence-corrected chi connectivity index (χ0v) is 15.6. The molecule has 8 heteroatoms. The maximum atomic E-state index is 12.7. The van der Waals surface area contributed by atoms with Crippen LogP contribution in [0, 0.1) is 0 Å². The van der Waals surface area contributed by atoms with Crippen molar-refractivity contribution < 1.29 is 14.4 Å². The Kier molecular flexibility index (Phi) is 5.15. The third-order valence-corrected chi connectivity index (χ3v) is 4.83. The number of nitrogens with one attached hydrogen (secondary N) is 1. The first kappa shape index (κ1) is 18.5. The van der Waals surface area contributed by atoms with Crippen molar-refractivity contribution in [1.82, 2.24) is 19.8 Å². The van der Waals surface area contributed by atoms with Crippen molar-refractivity contribution in [3.8, 4) is 0 Å². The number of fused-ring (bicyclic) bond motifs is 1. The van der Waals surface area contributed by atoms with Gasteiger partial charge in [0, 0.05) is 37.8 Å². The molecule has 3 amide bonds. The van der Waals surface area contributed by atoms with Crippen molar-refractivity contribution in [2.75, 3.05) is 31.5 Å². The van der Waals surface area contributed by atoms with E-state index < -0.39 is 5.91 Å². The number of hydrogen-bond donors (Lipinski definition) is 1. The van der Waals surface area contributed by atoms with Gasteiger partial charge in [0.25, 0.3) is 11.8 Å². The van der Waals surface area contributed by atoms with Crippen LogP contribution in [0.15, 0.2) is 54.7 Å². The van der Waals surface area contributed by atoms with E-state index in [1.165, 1.54) is 0 Å². The van der Waals surface area contributed by atoms with Crippen molar-refractivity contribution in [1.29, 1.82) is 0 Å². The molecule has 146 valence electrons. The van der Waals surface area contributed by atoms with Crippen molar-refractivity contribution in [2.45, 2.75) is 0 Å². The Morgan fingerprint density at radius 2 is 1.66 bits per heavy atom. The Morgan fingerprint density at radius 1 is 0.931 bits per heavy atom. The predicted molar refractivity (Wildman–Crippen MR) is 107 cm³/mol. The molecule has 0 aliphatic carbocycles. The van der Waals surface area contributed by atoms with Crippen LogP contribution in [-0.2, 0) is 4.79 Å². The average molecular weight is 389 g/mol. The number of benzene rings is 1. The summed E-state index contributed by atoms with van der Waals surface area (Å²) < 4.78 is 0. The highest BCUT2D eigenvalue weighted by Crippen LogP contribution is 2.21. The van der Waals surface area contributed by atoms with E-state index in [4.69, 9.17) is 0 Å². The van der Waals surface area contributed by atoms with E-state index >= 15 is 0 Å². The van der Waals surface area contributed by atoms with Gasteiger partial charge in [-0.15, -0.1) is 0 Å². The van der Waals surface area contributed by atoms with E-state index in [0.29, 0.717) is 37.4 Å². The molecule has 29 heavy (non-hydrogen) atoms. The second-order valence-electron chi connectivity index (χ2n) is 6.68. The van der Waals surface area contributed by atoms with Crippen molar-refractivity contribution in [3.05, 3.63) is 66.1 Å². The molecule has 4 rings (SSSR count). The Bertz CT molecular complexity index is 1070. The number of carbonyl (C=O) groups is 3. The lowest BCUT2D eigenvalue weighted by Crippen LogP contribution is -2.48. The lowest BCUT2D eigenvalue weighted by Gasteiger charge is -2.32. The molecule has 1 N–H and O–H groups in total. The summed E-state index contributed by atoms with van der Waals surface area (Å²) in [7, 11) is 0. The van der Waals surface area contributed by atoms with Crippen LogP contribution in [0.5, 0.6) is 0 Å². The number of aromatic nitrogens is 2. The summed E-state index contributed by atoms with van der Waals surface area (Å²) in [6.07, 6.45) is 2.45. The van der Waals surface area contributed by atoms with Gasteiger partial charge in [-0.05, 0) is 24.3 Å². The number of rotatable bonds is 4. The number of pyridine rings is 2. The second-order valence-corrected chi connectivity index (χ2v) is 6.68. The zero-order valence-electron chi connectivity index (χ0n) is 15.6. The summed E-state index contributed by atoms with van der Waals surface area (Å²) in [4.78, 5) is 48.1. The molecule has 0 saturated carbocycles. The van der Waals surface area contributed by atoms with E-state index in [1.807, 2.05) is 24.3 Å². The molecular weight excluding hydrogens is 370 g/mol. The minimum atomic E-state index is -0.413. The van der Waals surface area contributed by atoms with E-state index in [9.17, 15) is 14.4 Å². The Morgan fingerprint density at radius 3 is 2.45 bits per heavy atom. The molecule has 3 heterocycles. The first-order chi connectivity index (χ1) is 14.2. The molecule has 1 aliphatic rings. The van der Waals surface area contributed by atoms with Crippen LogP contribution in [0.3, 0.4) is 0 Å². The number of para-hydroxylation sites is 1. The molecule has 8 nitrogen and oxygen atoms in total. The average Bonchev–Trinajstić information content (AvgIpc) is 2.79. The number of piperazine rings is 1. The molecule has 0 atom stereocenters. The van der Waals surface area contributed by atoms with Crippen LogP contribution < -0.4 is 5.32 Å². The van der Waals surface area contributed by atoms with E-state index in [2.05, 4.69) is 15.3 Å². The molecular formula is C21H19N5O3. The quantitative estimate of drug-likeness (QED) is 0.687. The number of hydrogen-bond acceptors (Lipinski definition) is 5. The lowest BCUT2D eigenvalue weighted by molar-refractivity contribution is -0.119. The summed E-state index contributed by atoms with van der Waals surface area (Å²) in [5.74, 6) is -0.666. The molecule has 1 fully saturated rings. The first-order valence-electron chi connectivity index (χ1n) is 9.26. The van der Waals surface area contributed by atoms with Crippen LogP contribution in [0.2, 0.25) is 0 Å². The molecule has 0 radical (unpaired) electrons. The zero-order chi connectivity index (χ0) is 20.2. The Hall–Kier alpha value is -3.81. The molecule has 1 aromatic carbocycles. The van der Waals surface area contributed by atoms with E-state index in [1.54, 1.807) is 40.3 Å². The normalized spacial score (nSPS) is 13.9. The van der Waals surface area contributed by atoms with Crippen LogP contribution in [0.1, 0.15) is 21.0 Å². The maximum Gasteiger partial charge on any atom is 0.274 e. The highest BCUT2D eigenvalue weighted by Gasteiger charge is 2.23. The fraction of sp³-hybridized carbons (Fsp3) is 0.190. The number of carbonyl (C=O) groups excluding carboxylic acids is 3. The third-order valence-electron chi connectivity index (χ3n) is 4.83. The van der Waals surface area contributed by atoms with E-state index in [0.717, 1.165) is 11.8 Å². The van der Waals surface area contributed by atoms with Gasteiger partial charge >= 0.3 is 0 Å². The molecule has 0 spiro atoms. The van der Waals surface area contributed by atoms with Crippen LogP contribution >= 0.6 is 0 Å². The van der Waals surface area contributed by atoms with Crippen molar-refractivity contribution >= 4 is 34.8 Å². The Labute approximate surface area is 167 Å². The van der Waals surface area contributed by atoms with Gasteiger partial charge in [-0.1, -0.05) is 24.3 Å². The van der Waals surface area contributed by atoms with Crippen LogP contribution in [0.25, 0.3) is 10.9 Å². The first-order valence-corrected chi connectivity index (χ1v) is 9.26. The van der Waals surface area contributed by atoms with Crippen LogP contribution in [-0.4, -0.2) is 64.2 Å². The van der Waals surface area contributed by atoms with Gasteiger partial charge in [-0.3, -0.25) is 19.4 Å². The van der Waals surface area contributed by atoms with Gasteiger partial charge in [0.05, 0.1) is 11.2 Å². The van der Waals surface area contributed by atoms with Crippen molar-refractivity contribution in [3.63, 3.8) is 0 Å². The SMILES string of the molecule is O=CN1CCN(C(=O)c2cccc(C(=O)Nc3cccc4cccnc34)n2)CC1. The van der Waals surface area contributed by atoms with Crippen LogP contribution in [0.4, 0.5) is 5.69 Å². The van der Waals surface area contributed by atoms with Gasteiger partial charge in [0.15, 0.2) is 0 Å². The molecule has 0 bridgehead atoms. The Balaban J connectivity index is 1.51.